The first-order valence-corrected chi connectivity index (χ1v) is 8.92. The van der Waals surface area contributed by atoms with E-state index < -0.39 is 0 Å². The SMILES string of the molecule is CSCC[C@H](N)c1nc2ccccc2n1Cc1ccccc1. The lowest BCUT2D eigenvalue weighted by Gasteiger charge is -2.14. The molecule has 3 aromatic rings. The van der Waals surface area contributed by atoms with E-state index in [4.69, 9.17) is 10.7 Å². The zero-order valence-corrected chi connectivity index (χ0v) is 13.6. The number of rotatable bonds is 6. The van der Waals surface area contributed by atoms with Crippen LogP contribution < -0.4 is 5.73 Å². The second-order valence-electron chi connectivity index (χ2n) is 5.42. The Morgan fingerprint density at radius 3 is 2.59 bits per heavy atom. The Balaban J connectivity index is 2.01. The zero-order valence-electron chi connectivity index (χ0n) is 12.8. The van der Waals surface area contributed by atoms with Crippen molar-refractivity contribution in [2.75, 3.05) is 12.0 Å². The van der Waals surface area contributed by atoms with Gasteiger partial charge in [-0.1, -0.05) is 42.5 Å². The molecular formula is C18H21N3S. The fourth-order valence-corrected chi connectivity index (χ4v) is 3.17. The maximum atomic E-state index is 6.40. The summed E-state index contributed by atoms with van der Waals surface area (Å²) in [5.74, 6) is 2.04. The maximum Gasteiger partial charge on any atom is 0.127 e. The van der Waals surface area contributed by atoms with Gasteiger partial charge in [0.25, 0.3) is 0 Å². The van der Waals surface area contributed by atoms with E-state index in [9.17, 15) is 0 Å². The summed E-state index contributed by atoms with van der Waals surface area (Å²) in [6.07, 6.45) is 3.05. The van der Waals surface area contributed by atoms with E-state index >= 15 is 0 Å². The number of nitrogens with zero attached hydrogens (tertiary/aromatic N) is 2. The summed E-state index contributed by atoms with van der Waals surface area (Å²) in [5, 5.41) is 0. The third-order valence-electron chi connectivity index (χ3n) is 3.83. The average Bonchev–Trinajstić information content (AvgIpc) is 2.92. The Bertz CT molecular complexity index is 736. The number of thioether (sulfide) groups is 1. The van der Waals surface area contributed by atoms with Crippen molar-refractivity contribution in [3.05, 3.63) is 66.0 Å². The first kappa shape index (κ1) is 15.1. The highest BCUT2D eigenvalue weighted by Crippen LogP contribution is 2.23. The van der Waals surface area contributed by atoms with E-state index in [1.54, 1.807) is 0 Å². The van der Waals surface area contributed by atoms with Gasteiger partial charge >= 0.3 is 0 Å². The molecule has 2 aromatic carbocycles. The van der Waals surface area contributed by atoms with E-state index in [1.165, 1.54) is 5.56 Å². The molecule has 0 unspecified atom stereocenters. The Labute approximate surface area is 135 Å². The van der Waals surface area contributed by atoms with Crippen molar-refractivity contribution in [2.24, 2.45) is 5.73 Å². The average molecular weight is 311 g/mol. The van der Waals surface area contributed by atoms with E-state index in [1.807, 2.05) is 23.9 Å². The van der Waals surface area contributed by atoms with Crippen LogP contribution in [0.4, 0.5) is 0 Å². The van der Waals surface area contributed by atoms with Gasteiger partial charge in [0.2, 0.25) is 0 Å². The van der Waals surface area contributed by atoms with Gasteiger partial charge in [-0.2, -0.15) is 11.8 Å². The zero-order chi connectivity index (χ0) is 15.4. The van der Waals surface area contributed by atoms with Crippen molar-refractivity contribution in [3.63, 3.8) is 0 Å². The number of hydrogen-bond donors (Lipinski definition) is 1. The predicted octanol–water partition coefficient (Wildman–Crippen LogP) is 3.84. The summed E-state index contributed by atoms with van der Waals surface area (Å²) < 4.78 is 2.26. The minimum Gasteiger partial charge on any atom is -0.322 e. The minimum absolute atomic E-state index is 0.0245. The standard InChI is InChI=1S/C18H21N3S/c1-22-12-11-15(19)18-20-16-9-5-6-10-17(16)21(18)13-14-7-3-2-4-8-14/h2-10,15H,11-13,19H2,1H3/t15-/m0/s1. The quantitative estimate of drug-likeness (QED) is 0.752. The molecule has 0 saturated carbocycles. The number of hydrogen-bond acceptors (Lipinski definition) is 3. The van der Waals surface area contributed by atoms with Crippen LogP contribution in [0, 0.1) is 0 Å². The molecule has 114 valence electrons. The third kappa shape index (κ3) is 3.18. The smallest absolute Gasteiger partial charge is 0.127 e. The van der Waals surface area contributed by atoms with Gasteiger partial charge in [-0.15, -0.1) is 0 Å². The number of nitrogens with two attached hydrogens (primary N) is 1. The van der Waals surface area contributed by atoms with Crippen LogP contribution in [-0.4, -0.2) is 21.6 Å². The molecule has 0 amide bonds. The molecule has 0 saturated heterocycles. The Morgan fingerprint density at radius 1 is 1.09 bits per heavy atom. The molecule has 1 heterocycles. The number of benzene rings is 2. The van der Waals surface area contributed by atoms with Crippen LogP contribution in [0.3, 0.4) is 0 Å². The molecule has 0 bridgehead atoms. The molecule has 1 atom stereocenters. The summed E-state index contributed by atoms with van der Waals surface area (Å²) in [7, 11) is 0. The lowest BCUT2D eigenvalue weighted by Crippen LogP contribution is -2.18. The second kappa shape index (κ2) is 6.99. The van der Waals surface area contributed by atoms with Crippen molar-refractivity contribution in [1.82, 2.24) is 9.55 Å². The van der Waals surface area contributed by atoms with E-state index in [2.05, 4.69) is 53.3 Å². The van der Waals surface area contributed by atoms with Crippen LogP contribution in [0.15, 0.2) is 54.6 Å². The maximum absolute atomic E-state index is 6.40. The van der Waals surface area contributed by atoms with Crippen LogP contribution in [0.1, 0.15) is 23.9 Å². The molecule has 0 radical (unpaired) electrons. The fraction of sp³-hybridized carbons (Fsp3) is 0.278. The van der Waals surface area contributed by atoms with Gasteiger partial charge in [0.15, 0.2) is 0 Å². The van der Waals surface area contributed by atoms with Gasteiger partial charge in [-0.25, -0.2) is 4.98 Å². The Kier molecular flexibility index (Phi) is 4.80. The summed E-state index contributed by atoms with van der Waals surface area (Å²) in [6.45, 7) is 0.809. The summed E-state index contributed by atoms with van der Waals surface area (Å²) >= 11 is 1.82. The molecule has 0 aliphatic carbocycles. The van der Waals surface area contributed by atoms with E-state index in [-0.39, 0.29) is 6.04 Å². The van der Waals surface area contributed by atoms with E-state index in [0.717, 1.165) is 35.6 Å². The number of para-hydroxylation sites is 2. The highest BCUT2D eigenvalue weighted by atomic mass is 32.2. The predicted molar refractivity (Wildman–Crippen MR) is 95.2 cm³/mol. The van der Waals surface area contributed by atoms with Gasteiger partial charge in [0.1, 0.15) is 5.82 Å². The lowest BCUT2D eigenvalue weighted by atomic mass is 10.2. The normalized spacial score (nSPS) is 12.6. The first-order valence-electron chi connectivity index (χ1n) is 7.53. The van der Waals surface area contributed by atoms with Crippen molar-refractivity contribution in [2.45, 2.75) is 19.0 Å². The third-order valence-corrected chi connectivity index (χ3v) is 4.48. The van der Waals surface area contributed by atoms with E-state index in [0.29, 0.717) is 0 Å². The van der Waals surface area contributed by atoms with Crippen LogP contribution in [0.2, 0.25) is 0 Å². The molecule has 3 rings (SSSR count). The summed E-state index contributed by atoms with van der Waals surface area (Å²) in [5.41, 5.74) is 9.85. The molecule has 2 N–H and O–H groups in total. The topological polar surface area (TPSA) is 43.8 Å². The molecule has 0 spiro atoms. The van der Waals surface area contributed by atoms with Gasteiger partial charge < -0.3 is 10.3 Å². The lowest BCUT2D eigenvalue weighted by molar-refractivity contribution is 0.609. The Morgan fingerprint density at radius 2 is 1.82 bits per heavy atom. The van der Waals surface area contributed by atoms with Crippen molar-refractivity contribution >= 4 is 22.8 Å². The van der Waals surface area contributed by atoms with Crippen molar-refractivity contribution in [3.8, 4) is 0 Å². The number of fused-ring (bicyclic) bond motifs is 1. The molecule has 0 aliphatic rings. The molecule has 4 heteroatoms. The summed E-state index contributed by atoms with van der Waals surface area (Å²) in [6, 6.07) is 18.7. The van der Waals surface area contributed by atoms with Crippen molar-refractivity contribution < 1.29 is 0 Å². The fourth-order valence-electron chi connectivity index (χ4n) is 2.68. The highest BCUT2D eigenvalue weighted by Gasteiger charge is 2.16. The molecule has 0 aliphatic heterocycles. The highest BCUT2D eigenvalue weighted by molar-refractivity contribution is 7.98. The number of imidazole rings is 1. The largest absolute Gasteiger partial charge is 0.322 e. The van der Waals surface area contributed by atoms with Crippen LogP contribution >= 0.6 is 11.8 Å². The second-order valence-corrected chi connectivity index (χ2v) is 6.40. The van der Waals surface area contributed by atoms with Gasteiger partial charge in [0.05, 0.1) is 17.1 Å². The van der Waals surface area contributed by atoms with Gasteiger partial charge in [-0.05, 0) is 36.1 Å². The molecule has 3 nitrogen and oxygen atoms in total. The van der Waals surface area contributed by atoms with Gasteiger partial charge in [0, 0.05) is 6.54 Å². The van der Waals surface area contributed by atoms with Crippen LogP contribution in [0.5, 0.6) is 0 Å². The van der Waals surface area contributed by atoms with Crippen LogP contribution in [-0.2, 0) is 6.54 Å². The monoisotopic (exact) mass is 311 g/mol. The first-order chi connectivity index (χ1) is 10.8. The van der Waals surface area contributed by atoms with Crippen molar-refractivity contribution in [1.29, 1.82) is 0 Å². The minimum atomic E-state index is -0.0245. The Hall–Kier alpha value is -1.78. The van der Waals surface area contributed by atoms with Gasteiger partial charge in [-0.3, -0.25) is 0 Å². The molecule has 1 aromatic heterocycles. The van der Waals surface area contributed by atoms with Crippen LogP contribution in [0.25, 0.3) is 11.0 Å². The number of aromatic nitrogens is 2. The molecular weight excluding hydrogens is 290 g/mol. The molecule has 0 fully saturated rings. The summed E-state index contributed by atoms with van der Waals surface area (Å²) in [4.78, 5) is 4.79. The molecule has 22 heavy (non-hydrogen) atoms.